The van der Waals surface area contributed by atoms with Gasteiger partial charge in [0.15, 0.2) is 0 Å². The number of aromatic nitrogens is 2. The van der Waals surface area contributed by atoms with E-state index in [9.17, 15) is 5.11 Å². The van der Waals surface area contributed by atoms with Crippen LogP contribution in [0.4, 0.5) is 5.82 Å². The lowest BCUT2D eigenvalue weighted by Gasteiger charge is -2.31. The Hall–Kier alpha value is -1.39. The van der Waals surface area contributed by atoms with Gasteiger partial charge in [0.05, 0.1) is 5.52 Å². The van der Waals surface area contributed by atoms with Gasteiger partial charge in [-0.15, -0.1) is 0 Å². The smallest absolute Gasteiger partial charge is 0.224 e. The number of aliphatic hydroxyl groups is 1. The lowest BCUT2D eigenvalue weighted by Crippen LogP contribution is -2.34. The van der Waals surface area contributed by atoms with Crippen LogP contribution >= 0.6 is 11.6 Å². The Morgan fingerprint density at radius 1 is 1.20 bits per heavy atom. The first-order chi connectivity index (χ1) is 9.78. The van der Waals surface area contributed by atoms with E-state index >= 15 is 0 Å². The molecule has 1 aliphatic carbocycles. The third-order valence-corrected chi connectivity index (χ3v) is 4.21. The zero-order valence-electron chi connectivity index (χ0n) is 11.2. The monoisotopic (exact) mass is 291 g/mol. The lowest BCUT2D eigenvalue weighted by molar-refractivity contribution is 0.178. The molecule has 20 heavy (non-hydrogen) atoms. The molecule has 1 aromatic carbocycles. The fourth-order valence-electron chi connectivity index (χ4n) is 2.95. The van der Waals surface area contributed by atoms with Crippen LogP contribution in [0.3, 0.4) is 0 Å². The Kier molecular flexibility index (Phi) is 4.03. The summed E-state index contributed by atoms with van der Waals surface area (Å²) >= 11 is 6.00. The summed E-state index contributed by atoms with van der Waals surface area (Å²) in [7, 11) is 0. The van der Waals surface area contributed by atoms with Crippen molar-refractivity contribution in [3.8, 4) is 0 Å². The van der Waals surface area contributed by atoms with Gasteiger partial charge in [-0.05, 0) is 36.6 Å². The van der Waals surface area contributed by atoms with Gasteiger partial charge in [0.1, 0.15) is 5.82 Å². The zero-order chi connectivity index (χ0) is 13.9. The van der Waals surface area contributed by atoms with Gasteiger partial charge in [-0.2, -0.15) is 0 Å². The predicted octanol–water partition coefficient (Wildman–Crippen LogP) is 3.25. The van der Waals surface area contributed by atoms with Crippen molar-refractivity contribution in [3.05, 3.63) is 29.5 Å². The fourth-order valence-corrected chi connectivity index (χ4v) is 3.13. The summed E-state index contributed by atoms with van der Waals surface area (Å²) in [6, 6.07) is 8.08. The van der Waals surface area contributed by atoms with Crippen molar-refractivity contribution in [1.29, 1.82) is 0 Å². The van der Waals surface area contributed by atoms with Crippen molar-refractivity contribution in [2.45, 2.75) is 31.7 Å². The highest BCUT2D eigenvalue weighted by Gasteiger charge is 2.25. The first-order valence-corrected chi connectivity index (χ1v) is 7.45. The van der Waals surface area contributed by atoms with Gasteiger partial charge in [0, 0.05) is 24.0 Å². The summed E-state index contributed by atoms with van der Waals surface area (Å²) in [6.45, 7) is 0.217. The second-order valence-electron chi connectivity index (χ2n) is 5.34. The second-order valence-corrected chi connectivity index (χ2v) is 5.67. The molecule has 0 radical (unpaired) electrons. The summed E-state index contributed by atoms with van der Waals surface area (Å²) < 4.78 is 0. The van der Waals surface area contributed by atoms with Gasteiger partial charge in [-0.25, -0.2) is 9.97 Å². The van der Waals surface area contributed by atoms with Crippen LogP contribution < -0.4 is 5.32 Å². The number of halogens is 1. The molecule has 0 aliphatic heterocycles. The summed E-state index contributed by atoms with van der Waals surface area (Å²) in [5.74, 6) is 1.06. The van der Waals surface area contributed by atoms with Gasteiger partial charge in [-0.1, -0.05) is 25.0 Å². The summed E-state index contributed by atoms with van der Waals surface area (Å²) in [4.78, 5) is 8.56. The number of rotatable bonds is 3. The Bertz CT molecular complexity index is 605. The molecule has 4 nitrogen and oxygen atoms in total. The molecule has 0 spiro atoms. The molecule has 106 valence electrons. The lowest BCUT2D eigenvalue weighted by atomic mass is 9.85. The van der Waals surface area contributed by atoms with Gasteiger partial charge in [-0.3, -0.25) is 0 Å². The second kappa shape index (κ2) is 5.94. The summed E-state index contributed by atoms with van der Waals surface area (Å²) in [5.41, 5.74) is 0.839. The van der Waals surface area contributed by atoms with E-state index in [1.807, 2.05) is 24.3 Å². The normalized spacial score (nSPS) is 22.9. The molecule has 1 aromatic heterocycles. The number of benzene rings is 1. The summed E-state index contributed by atoms with van der Waals surface area (Å²) in [6.07, 6.45) is 4.49. The average Bonchev–Trinajstić information content (AvgIpc) is 2.47. The molecule has 2 aromatic rings. The van der Waals surface area contributed by atoms with Gasteiger partial charge >= 0.3 is 0 Å². The first-order valence-electron chi connectivity index (χ1n) is 7.07. The van der Waals surface area contributed by atoms with Crippen LogP contribution in [-0.2, 0) is 0 Å². The fraction of sp³-hybridized carbons (Fsp3) is 0.467. The molecular weight excluding hydrogens is 274 g/mol. The Balaban J connectivity index is 1.93. The van der Waals surface area contributed by atoms with E-state index in [1.165, 1.54) is 12.8 Å². The SMILES string of the molecule is OCC1CCCCC1Nc1nc(Cl)nc2ccccc12. The van der Waals surface area contributed by atoms with E-state index in [0.29, 0.717) is 0 Å². The highest BCUT2D eigenvalue weighted by Crippen LogP contribution is 2.29. The molecular formula is C15H18ClN3O. The van der Waals surface area contributed by atoms with Crippen LogP contribution in [0.2, 0.25) is 5.28 Å². The maximum Gasteiger partial charge on any atom is 0.224 e. The largest absolute Gasteiger partial charge is 0.396 e. The minimum atomic E-state index is 0.217. The Labute approximate surface area is 123 Å². The van der Waals surface area contributed by atoms with Crippen LogP contribution in [0.5, 0.6) is 0 Å². The maximum atomic E-state index is 9.51. The van der Waals surface area contributed by atoms with Crippen LogP contribution in [0.15, 0.2) is 24.3 Å². The number of para-hydroxylation sites is 1. The third kappa shape index (κ3) is 2.72. The van der Waals surface area contributed by atoms with E-state index in [4.69, 9.17) is 11.6 Å². The maximum absolute atomic E-state index is 9.51. The number of aliphatic hydroxyl groups excluding tert-OH is 1. The Morgan fingerprint density at radius 3 is 2.85 bits per heavy atom. The van der Waals surface area contributed by atoms with Crippen LogP contribution in [0.1, 0.15) is 25.7 Å². The van der Waals surface area contributed by atoms with Crippen molar-refractivity contribution in [1.82, 2.24) is 9.97 Å². The van der Waals surface area contributed by atoms with Gasteiger partial charge in [0.2, 0.25) is 5.28 Å². The minimum absolute atomic E-state index is 0.217. The van der Waals surface area contributed by atoms with E-state index < -0.39 is 0 Å². The molecule has 3 rings (SSSR count). The molecule has 2 N–H and O–H groups in total. The van der Waals surface area contributed by atoms with Gasteiger partial charge < -0.3 is 10.4 Å². The van der Waals surface area contributed by atoms with E-state index in [-0.39, 0.29) is 23.9 Å². The highest BCUT2D eigenvalue weighted by atomic mass is 35.5. The topological polar surface area (TPSA) is 58.0 Å². The van der Waals surface area contributed by atoms with Crippen molar-refractivity contribution in [2.75, 3.05) is 11.9 Å². The average molecular weight is 292 g/mol. The molecule has 0 bridgehead atoms. The zero-order valence-corrected chi connectivity index (χ0v) is 12.0. The number of fused-ring (bicyclic) bond motifs is 1. The molecule has 1 fully saturated rings. The molecule has 1 heterocycles. The number of hydrogen-bond donors (Lipinski definition) is 2. The van der Waals surface area contributed by atoms with Crippen molar-refractivity contribution in [2.24, 2.45) is 5.92 Å². The standard InChI is InChI=1S/C15H18ClN3O/c16-15-18-13-8-4-2-6-11(13)14(19-15)17-12-7-3-1-5-10(12)9-20/h2,4,6,8,10,12,20H,1,3,5,7,9H2,(H,17,18,19). The Morgan fingerprint density at radius 2 is 2.00 bits per heavy atom. The molecule has 0 amide bonds. The van der Waals surface area contributed by atoms with Gasteiger partial charge in [0.25, 0.3) is 0 Å². The molecule has 2 atom stereocenters. The van der Waals surface area contributed by atoms with Crippen LogP contribution in [-0.4, -0.2) is 27.7 Å². The number of nitrogens with one attached hydrogen (secondary N) is 1. The molecule has 5 heteroatoms. The van der Waals surface area contributed by atoms with E-state index in [1.54, 1.807) is 0 Å². The number of anilines is 1. The highest BCUT2D eigenvalue weighted by molar-refractivity contribution is 6.28. The predicted molar refractivity (Wildman–Crippen MR) is 81.0 cm³/mol. The molecule has 1 aliphatic rings. The van der Waals surface area contributed by atoms with Crippen LogP contribution in [0, 0.1) is 5.92 Å². The number of nitrogens with zero attached hydrogens (tertiary/aromatic N) is 2. The number of hydrogen-bond acceptors (Lipinski definition) is 4. The summed E-state index contributed by atoms with van der Waals surface area (Å²) in [5, 5.41) is 14.2. The van der Waals surface area contributed by atoms with Crippen molar-refractivity contribution < 1.29 is 5.11 Å². The third-order valence-electron chi connectivity index (χ3n) is 4.04. The van der Waals surface area contributed by atoms with E-state index in [0.717, 1.165) is 29.6 Å². The van der Waals surface area contributed by atoms with Crippen molar-refractivity contribution in [3.63, 3.8) is 0 Å². The molecule has 0 saturated heterocycles. The first kappa shape index (κ1) is 13.6. The molecule has 1 saturated carbocycles. The minimum Gasteiger partial charge on any atom is -0.396 e. The van der Waals surface area contributed by atoms with Crippen molar-refractivity contribution >= 4 is 28.3 Å². The van der Waals surface area contributed by atoms with E-state index in [2.05, 4.69) is 15.3 Å². The molecule has 2 unspecified atom stereocenters. The quantitative estimate of drug-likeness (QED) is 0.852. The van der Waals surface area contributed by atoms with Crippen LogP contribution in [0.25, 0.3) is 10.9 Å².